The van der Waals surface area contributed by atoms with Crippen LogP contribution in [-0.4, -0.2) is 48.3 Å². The Morgan fingerprint density at radius 3 is 1.24 bits per heavy atom. The minimum atomic E-state index is -0.663. The van der Waals surface area contributed by atoms with E-state index in [-0.39, 0.29) is 0 Å². The van der Waals surface area contributed by atoms with E-state index in [1.165, 1.54) is 70.6 Å². The van der Waals surface area contributed by atoms with Gasteiger partial charge in [0.15, 0.2) is 0 Å². The van der Waals surface area contributed by atoms with Crippen LogP contribution in [0.3, 0.4) is 0 Å². The summed E-state index contributed by atoms with van der Waals surface area (Å²) in [6.45, 7) is 8.11. The maximum absolute atomic E-state index is 10.1. The van der Waals surface area contributed by atoms with Crippen molar-refractivity contribution in [1.29, 1.82) is 0 Å². The normalized spacial score (nSPS) is 10.1. The molecule has 0 aromatic carbocycles. The van der Waals surface area contributed by atoms with Crippen molar-refractivity contribution in [2.75, 3.05) is 26.2 Å². The number of carboxylic acid groups (broad SMARTS) is 2. The molecule has 0 atom stereocenters. The third-order valence-corrected chi connectivity index (χ3v) is 5.35. The second-order valence-electron chi connectivity index (χ2n) is 8.92. The van der Waals surface area contributed by atoms with E-state index in [0.29, 0.717) is 12.8 Å². The fourth-order valence-corrected chi connectivity index (χ4v) is 3.21. The quantitative estimate of drug-likeness (QED) is 0.109. The summed E-state index contributed by atoms with van der Waals surface area (Å²) in [5, 5.41) is 20.0. The van der Waals surface area contributed by atoms with E-state index < -0.39 is 11.9 Å². The van der Waals surface area contributed by atoms with Gasteiger partial charge in [-0.05, 0) is 58.3 Å². The highest BCUT2D eigenvalue weighted by molar-refractivity contribution is 5.66. The zero-order valence-corrected chi connectivity index (χ0v) is 22.6. The maximum atomic E-state index is 10.1. The predicted octanol–water partition coefficient (Wildman–Crippen LogP) is 6.09. The average molecular weight is 490 g/mol. The van der Waals surface area contributed by atoms with E-state index in [1.807, 2.05) is 0 Å². The maximum Gasteiger partial charge on any atom is 0.303 e. The molecule has 7 heteroatoms. The van der Waals surface area contributed by atoms with Crippen LogP contribution in [0.1, 0.15) is 136 Å². The van der Waals surface area contributed by atoms with Crippen molar-refractivity contribution in [3.05, 3.63) is 0 Å². The first-order valence-corrected chi connectivity index (χ1v) is 14.0. The van der Waals surface area contributed by atoms with Crippen molar-refractivity contribution in [3.8, 4) is 0 Å². The number of hydrogen-bond acceptors (Lipinski definition) is 5. The standard InChI is InChI=1S/2C10H20O2.C7H19N3/c2*1-2-3-4-5-6-7-8-9-10(11)12;8-4-1-2-6-10-7-3-5-9/h2*2-9H2,1H3,(H,11,12);10H,1-9H2. The van der Waals surface area contributed by atoms with Crippen LogP contribution in [0.4, 0.5) is 0 Å². The number of aliphatic carboxylic acids is 2. The van der Waals surface area contributed by atoms with Gasteiger partial charge in [-0.3, -0.25) is 9.59 Å². The third kappa shape index (κ3) is 48.3. The fourth-order valence-electron chi connectivity index (χ4n) is 3.21. The van der Waals surface area contributed by atoms with Gasteiger partial charge in [0.1, 0.15) is 0 Å². The van der Waals surface area contributed by atoms with Gasteiger partial charge in [-0.15, -0.1) is 0 Å². The minimum Gasteiger partial charge on any atom is -0.481 e. The van der Waals surface area contributed by atoms with Crippen LogP contribution >= 0.6 is 0 Å². The van der Waals surface area contributed by atoms with Crippen molar-refractivity contribution >= 4 is 11.9 Å². The number of rotatable bonds is 23. The molecule has 0 aromatic rings. The Hall–Kier alpha value is -1.18. The lowest BCUT2D eigenvalue weighted by atomic mass is 10.1. The van der Waals surface area contributed by atoms with Crippen molar-refractivity contribution in [1.82, 2.24) is 5.32 Å². The Morgan fingerprint density at radius 1 is 0.529 bits per heavy atom. The largest absolute Gasteiger partial charge is 0.481 e. The molecule has 0 unspecified atom stereocenters. The Kier molecular flexibility index (Phi) is 40.0. The fraction of sp³-hybridized carbons (Fsp3) is 0.926. The van der Waals surface area contributed by atoms with Crippen LogP contribution in [0.25, 0.3) is 0 Å². The van der Waals surface area contributed by atoms with Crippen LogP contribution in [0.2, 0.25) is 0 Å². The van der Waals surface area contributed by atoms with Gasteiger partial charge in [-0.25, -0.2) is 0 Å². The van der Waals surface area contributed by atoms with Gasteiger partial charge >= 0.3 is 11.9 Å². The summed E-state index contributed by atoms with van der Waals surface area (Å²) in [6.07, 6.45) is 20.7. The minimum absolute atomic E-state index is 0.341. The van der Waals surface area contributed by atoms with E-state index in [1.54, 1.807) is 0 Å². The lowest BCUT2D eigenvalue weighted by Gasteiger charge is -2.01. The summed E-state index contributed by atoms with van der Waals surface area (Å²) in [4.78, 5) is 20.3. The van der Waals surface area contributed by atoms with Gasteiger partial charge < -0.3 is 27.0 Å². The zero-order valence-electron chi connectivity index (χ0n) is 22.6. The Morgan fingerprint density at radius 2 is 0.882 bits per heavy atom. The molecule has 0 aliphatic carbocycles. The summed E-state index contributed by atoms with van der Waals surface area (Å²) < 4.78 is 0. The zero-order chi connectivity index (χ0) is 26.1. The monoisotopic (exact) mass is 489 g/mol. The molecule has 0 amide bonds. The number of hydrogen-bond donors (Lipinski definition) is 5. The lowest BCUT2D eigenvalue weighted by Crippen LogP contribution is -2.19. The van der Waals surface area contributed by atoms with E-state index in [0.717, 1.165) is 64.7 Å². The SMILES string of the molecule is CCCCCCCCCC(=O)O.CCCCCCCCCC(=O)O.NCCCCNCCCN. The van der Waals surface area contributed by atoms with E-state index in [2.05, 4.69) is 19.2 Å². The van der Waals surface area contributed by atoms with Crippen molar-refractivity contribution < 1.29 is 19.8 Å². The van der Waals surface area contributed by atoms with Crippen LogP contribution in [0.15, 0.2) is 0 Å². The first kappa shape index (κ1) is 37.4. The van der Waals surface area contributed by atoms with E-state index in [4.69, 9.17) is 21.7 Å². The molecule has 0 saturated carbocycles. The Balaban J connectivity index is -0.000000426. The molecule has 0 saturated heterocycles. The summed E-state index contributed by atoms with van der Waals surface area (Å²) >= 11 is 0. The summed E-state index contributed by atoms with van der Waals surface area (Å²) in [7, 11) is 0. The summed E-state index contributed by atoms with van der Waals surface area (Å²) in [5.74, 6) is -1.33. The van der Waals surface area contributed by atoms with Crippen molar-refractivity contribution in [2.24, 2.45) is 11.5 Å². The molecule has 0 rings (SSSR count). The highest BCUT2D eigenvalue weighted by Crippen LogP contribution is 2.08. The molecule has 0 fully saturated rings. The first-order valence-electron chi connectivity index (χ1n) is 14.0. The number of carbonyl (C=O) groups is 2. The molecule has 0 aromatic heterocycles. The molecule has 7 nitrogen and oxygen atoms in total. The van der Waals surface area contributed by atoms with E-state index in [9.17, 15) is 9.59 Å². The van der Waals surface area contributed by atoms with Gasteiger partial charge in [0.25, 0.3) is 0 Å². The second kappa shape index (κ2) is 36.4. The molecule has 0 aliphatic heterocycles. The lowest BCUT2D eigenvalue weighted by molar-refractivity contribution is -0.138. The van der Waals surface area contributed by atoms with Crippen molar-refractivity contribution in [3.63, 3.8) is 0 Å². The summed E-state index contributed by atoms with van der Waals surface area (Å²) in [5.41, 5.74) is 10.6. The number of nitrogens with one attached hydrogen (secondary N) is 1. The van der Waals surface area contributed by atoms with Gasteiger partial charge in [0.05, 0.1) is 0 Å². The third-order valence-electron chi connectivity index (χ3n) is 5.35. The van der Waals surface area contributed by atoms with Gasteiger partial charge in [0.2, 0.25) is 0 Å². The number of unbranched alkanes of at least 4 members (excludes halogenated alkanes) is 13. The molecular weight excluding hydrogens is 430 g/mol. The van der Waals surface area contributed by atoms with Crippen LogP contribution in [-0.2, 0) is 9.59 Å². The molecule has 0 spiro atoms. The predicted molar refractivity (Wildman–Crippen MR) is 145 cm³/mol. The molecule has 7 N–H and O–H groups in total. The Bertz CT molecular complexity index is 360. The van der Waals surface area contributed by atoms with Gasteiger partial charge in [-0.1, -0.05) is 90.9 Å². The number of carboxylic acids is 2. The molecule has 0 heterocycles. The van der Waals surface area contributed by atoms with Crippen LogP contribution < -0.4 is 16.8 Å². The van der Waals surface area contributed by atoms with E-state index >= 15 is 0 Å². The molecule has 0 aliphatic rings. The smallest absolute Gasteiger partial charge is 0.303 e. The second-order valence-corrected chi connectivity index (χ2v) is 8.92. The molecular formula is C27H59N3O4. The average Bonchev–Trinajstić information content (AvgIpc) is 2.81. The molecule has 0 radical (unpaired) electrons. The van der Waals surface area contributed by atoms with Gasteiger partial charge in [0, 0.05) is 12.8 Å². The van der Waals surface area contributed by atoms with Crippen LogP contribution in [0, 0.1) is 0 Å². The Labute approximate surface area is 210 Å². The highest BCUT2D eigenvalue weighted by Gasteiger charge is 1.96. The van der Waals surface area contributed by atoms with Crippen molar-refractivity contribution in [2.45, 2.75) is 136 Å². The number of nitrogens with two attached hydrogens (primary N) is 2. The molecule has 206 valence electrons. The highest BCUT2D eigenvalue weighted by atomic mass is 16.4. The van der Waals surface area contributed by atoms with Gasteiger partial charge in [-0.2, -0.15) is 0 Å². The topological polar surface area (TPSA) is 139 Å². The molecule has 0 bridgehead atoms. The van der Waals surface area contributed by atoms with Crippen LogP contribution in [0.5, 0.6) is 0 Å². The molecule has 34 heavy (non-hydrogen) atoms. The summed E-state index contributed by atoms with van der Waals surface area (Å²) in [6, 6.07) is 0. The first-order chi connectivity index (χ1) is 16.5.